The second kappa shape index (κ2) is 7.75. The van der Waals surface area contributed by atoms with E-state index in [1.165, 1.54) is 0 Å². The molecule has 0 saturated carbocycles. The van der Waals surface area contributed by atoms with Crippen molar-refractivity contribution in [1.82, 2.24) is 4.98 Å². The number of carbonyl (C=O) groups is 1. The summed E-state index contributed by atoms with van der Waals surface area (Å²) in [4.78, 5) is 17.4. The summed E-state index contributed by atoms with van der Waals surface area (Å²) in [6.45, 7) is 4.21. The van der Waals surface area contributed by atoms with Crippen molar-refractivity contribution < 1.29 is 9.53 Å². The van der Waals surface area contributed by atoms with Crippen LogP contribution >= 0.6 is 0 Å². The molecule has 3 rings (SSSR count). The molecule has 0 fully saturated rings. The van der Waals surface area contributed by atoms with Gasteiger partial charge in [0, 0.05) is 11.1 Å². The lowest BCUT2D eigenvalue weighted by atomic mass is 9.96. The van der Waals surface area contributed by atoms with E-state index in [0.29, 0.717) is 18.6 Å². The molecule has 0 aliphatic carbocycles. The fourth-order valence-corrected chi connectivity index (χ4v) is 2.91. The van der Waals surface area contributed by atoms with E-state index >= 15 is 0 Å². The second-order valence-electron chi connectivity index (χ2n) is 5.69. The van der Waals surface area contributed by atoms with Crippen molar-refractivity contribution in [1.29, 1.82) is 0 Å². The molecule has 3 heteroatoms. The maximum absolute atomic E-state index is 12.5. The van der Waals surface area contributed by atoms with E-state index in [9.17, 15) is 4.79 Å². The lowest BCUT2D eigenvalue weighted by Crippen LogP contribution is -2.11. The molecule has 0 bridgehead atoms. The van der Waals surface area contributed by atoms with Crippen molar-refractivity contribution in [2.75, 3.05) is 6.61 Å². The van der Waals surface area contributed by atoms with E-state index in [1.54, 1.807) is 0 Å². The first kappa shape index (κ1) is 16.9. The van der Waals surface area contributed by atoms with Crippen LogP contribution < -0.4 is 0 Å². The van der Waals surface area contributed by atoms with Crippen molar-refractivity contribution in [2.24, 2.45) is 0 Å². The van der Waals surface area contributed by atoms with E-state index in [2.05, 4.69) is 0 Å². The summed E-state index contributed by atoms with van der Waals surface area (Å²) in [6, 6.07) is 21.7. The van der Waals surface area contributed by atoms with Gasteiger partial charge in [-0.1, -0.05) is 67.6 Å². The smallest absolute Gasteiger partial charge is 0.338 e. The summed E-state index contributed by atoms with van der Waals surface area (Å²) in [5, 5.41) is 0. The molecule has 0 radical (unpaired) electrons. The van der Waals surface area contributed by atoms with Gasteiger partial charge in [0.05, 0.1) is 23.6 Å². The van der Waals surface area contributed by atoms with Crippen LogP contribution in [0.15, 0.2) is 66.7 Å². The minimum Gasteiger partial charge on any atom is -0.462 e. The maximum atomic E-state index is 12.5. The molecule has 0 spiro atoms. The molecule has 0 unspecified atom stereocenters. The van der Waals surface area contributed by atoms with Gasteiger partial charge in [-0.05, 0) is 25.0 Å². The van der Waals surface area contributed by atoms with Crippen LogP contribution in [0.1, 0.15) is 29.8 Å². The number of pyridine rings is 1. The minimum atomic E-state index is -0.295. The van der Waals surface area contributed by atoms with Gasteiger partial charge < -0.3 is 4.74 Å². The van der Waals surface area contributed by atoms with E-state index in [-0.39, 0.29) is 5.97 Å². The number of esters is 1. The molecule has 0 atom stereocenters. The van der Waals surface area contributed by atoms with Gasteiger partial charge in [-0.2, -0.15) is 0 Å². The van der Waals surface area contributed by atoms with Crippen LogP contribution in [0.3, 0.4) is 0 Å². The number of rotatable bonds is 5. The van der Waals surface area contributed by atoms with E-state index in [1.807, 2.05) is 80.6 Å². The van der Waals surface area contributed by atoms with Crippen LogP contribution in [0.2, 0.25) is 0 Å². The van der Waals surface area contributed by atoms with Crippen LogP contribution in [-0.2, 0) is 11.2 Å². The zero-order valence-corrected chi connectivity index (χ0v) is 14.5. The molecule has 25 heavy (non-hydrogen) atoms. The Balaban J connectivity index is 2.25. The van der Waals surface area contributed by atoms with Crippen LogP contribution in [0.5, 0.6) is 0 Å². The Labute approximate surface area is 148 Å². The molecule has 3 nitrogen and oxygen atoms in total. The van der Waals surface area contributed by atoms with Gasteiger partial charge in [-0.25, -0.2) is 9.78 Å². The fourth-order valence-electron chi connectivity index (χ4n) is 2.91. The summed E-state index contributed by atoms with van der Waals surface area (Å²) in [7, 11) is 0. The van der Waals surface area contributed by atoms with E-state index < -0.39 is 0 Å². The Kier molecular flexibility index (Phi) is 5.24. The molecular weight excluding hydrogens is 310 g/mol. The minimum absolute atomic E-state index is 0.295. The molecule has 0 N–H and O–H groups in total. The van der Waals surface area contributed by atoms with E-state index in [0.717, 1.165) is 28.1 Å². The van der Waals surface area contributed by atoms with E-state index in [4.69, 9.17) is 9.72 Å². The number of nitrogens with zero attached hydrogens (tertiary/aromatic N) is 1. The molecule has 0 saturated heterocycles. The van der Waals surface area contributed by atoms with Crippen molar-refractivity contribution in [2.45, 2.75) is 20.3 Å². The van der Waals surface area contributed by atoms with Crippen molar-refractivity contribution in [3.63, 3.8) is 0 Å². The monoisotopic (exact) mass is 331 g/mol. The first-order valence-corrected chi connectivity index (χ1v) is 8.56. The van der Waals surface area contributed by atoms with Crippen molar-refractivity contribution in [3.8, 4) is 22.5 Å². The normalized spacial score (nSPS) is 10.5. The van der Waals surface area contributed by atoms with Crippen LogP contribution in [0.4, 0.5) is 0 Å². The highest BCUT2D eigenvalue weighted by molar-refractivity contribution is 5.94. The Morgan fingerprint density at radius 1 is 0.920 bits per heavy atom. The summed E-state index contributed by atoms with van der Waals surface area (Å²) in [6.07, 6.45) is 0.709. The Hall–Kier alpha value is -2.94. The topological polar surface area (TPSA) is 39.2 Å². The van der Waals surface area contributed by atoms with Gasteiger partial charge in [0.25, 0.3) is 0 Å². The molecular formula is C22H21NO2. The van der Waals surface area contributed by atoms with Crippen LogP contribution in [-0.4, -0.2) is 17.6 Å². The largest absolute Gasteiger partial charge is 0.462 e. The molecule has 2 aromatic carbocycles. The molecule has 3 aromatic rings. The number of hydrogen-bond donors (Lipinski definition) is 0. The maximum Gasteiger partial charge on any atom is 0.338 e. The lowest BCUT2D eigenvalue weighted by Gasteiger charge is -2.15. The third-order valence-electron chi connectivity index (χ3n) is 4.09. The van der Waals surface area contributed by atoms with Crippen molar-refractivity contribution >= 4 is 5.97 Å². The van der Waals surface area contributed by atoms with Gasteiger partial charge in [-0.15, -0.1) is 0 Å². The highest BCUT2D eigenvalue weighted by Gasteiger charge is 2.19. The summed E-state index contributed by atoms with van der Waals surface area (Å²) >= 11 is 0. The molecule has 1 heterocycles. The average Bonchev–Trinajstić information content (AvgIpc) is 2.68. The number of ether oxygens (including phenoxy) is 1. The van der Waals surface area contributed by atoms with Crippen LogP contribution in [0, 0.1) is 0 Å². The average molecular weight is 331 g/mol. The molecule has 1 aromatic heterocycles. The number of carbonyl (C=O) groups excluding carboxylic acids is 1. The SMILES string of the molecule is CCOC(=O)c1cc(-c2ccccc2)nc(-c2ccccc2)c1CC. The third-order valence-corrected chi connectivity index (χ3v) is 4.09. The Bertz CT molecular complexity index is 858. The van der Waals surface area contributed by atoms with Gasteiger partial charge in [-0.3, -0.25) is 0 Å². The number of hydrogen-bond acceptors (Lipinski definition) is 3. The molecule has 0 aliphatic heterocycles. The second-order valence-corrected chi connectivity index (χ2v) is 5.69. The van der Waals surface area contributed by atoms with Crippen molar-refractivity contribution in [3.05, 3.63) is 77.9 Å². The Morgan fingerprint density at radius 2 is 1.52 bits per heavy atom. The lowest BCUT2D eigenvalue weighted by molar-refractivity contribution is 0.0525. The van der Waals surface area contributed by atoms with Gasteiger partial charge in [0.1, 0.15) is 0 Å². The highest BCUT2D eigenvalue weighted by atomic mass is 16.5. The fraction of sp³-hybridized carbons (Fsp3) is 0.182. The number of benzene rings is 2. The quantitative estimate of drug-likeness (QED) is 0.607. The zero-order valence-electron chi connectivity index (χ0n) is 14.5. The zero-order chi connectivity index (χ0) is 17.6. The first-order valence-electron chi connectivity index (χ1n) is 8.56. The Morgan fingerprint density at radius 3 is 2.08 bits per heavy atom. The third kappa shape index (κ3) is 3.61. The molecule has 0 amide bonds. The van der Waals surface area contributed by atoms with Gasteiger partial charge in [0.15, 0.2) is 0 Å². The van der Waals surface area contributed by atoms with Gasteiger partial charge >= 0.3 is 5.97 Å². The predicted molar refractivity (Wildman–Crippen MR) is 100 cm³/mol. The summed E-state index contributed by atoms with van der Waals surface area (Å²) < 4.78 is 5.29. The summed E-state index contributed by atoms with van der Waals surface area (Å²) in [5.74, 6) is -0.295. The predicted octanol–water partition coefficient (Wildman–Crippen LogP) is 5.15. The van der Waals surface area contributed by atoms with Crippen LogP contribution in [0.25, 0.3) is 22.5 Å². The molecule has 0 aliphatic rings. The standard InChI is InChI=1S/C22H21NO2/c1-3-18-19(22(24)25-4-2)15-20(16-11-7-5-8-12-16)23-21(18)17-13-9-6-10-14-17/h5-15H,3-4H2,1-2H3. The molecule has 126 valence electrons. The summed E-state index contributed by atoms with van der Waals surface area (Å²) in [5.41, 5.74) is 5.11. The first-order chi connectivity index (χ1) is 12.2. The highest BCUT2D eigenvalue weighted by Crippen LogP contribution is 2.30. The number of aromatic nitrogens is 1. The van der Waals surface area contributed by atoms with Gasteiger partial charge in [0.2, 0.25) is 0 Å².